The molecule has 7 nitrogen and oxygen atoms in total. The summed E-state index contributed by atoms with van der Waals surface area (Å²) in [6.07, 6.45) is 0.724. The number of hydrogen-bond acceptors (Lipinski definition) is 4. The first kappa shape index (κ1) is 19.5. The Balaban J connectivity index is 1.45. The van der Waals surface area contributed by atoms with Crippen molar-refractivity contribution in [3.63, 3.8) is 0 Å². The average molecular weight is 383 g/mol. The van der Waals surface area contributed by atoms with Crippen molar-refractivity contribution in [3.05, 3.63) is 54.1 Å². The number of hydrogen-bond donors (Lipinski definition) is 1. The van der Waals surface area contributed by atoms with Gasteiger partial charge < -0.3 is 19.7 Å². The second kappa shape index (κ2) is 9.12. The van der Waals surface area contributed by atoms with E-state index in [-0.39, 0.29) is 18.5 Å². The number of nitrogens with one attached hydrogen (secondary N) is 1. The van der Waals surface area contributed by atoms with Crippen molar-refractivity contribution in [3.8, 4) is 11.5 Å². The van der Waals surface area contributed by atoms with Crippen LogP contribution in [0.2, 0.25) is 0 Å². The van der Waals surface area contributed by atoms with Gasteiger partial charge in [0.25, 0.3) is 0 Å². The first-order valence-electron chi connectivity index (χ1n) is 9.21. The molecule has 0 atom stereocenters. The number of rotatable bonds is 8. The number of urea groups is 1. The summed E-state index contributed by atoms with van der Waals surface area (Å²) in [5.41, 5.74) is 1.91. The van der Waals surface area contributed by atoms with Gasteiger partial charge in [0.1, 0.15) is 18.0 Å². The fourth-order valence-electron chi connectivity index (χ4n) is 3.10. The molecule has 2 aromatic carbocycles. The van der Waals surface area contributed by atoms with Gasteiger partial charge in [-0.15, -0.1) is 0 Å². The van der Waals surface area contributed by atoms with Gasteiger partial charge in [0.15, 0.2) is 0 Å². The van der Waals surface area contributed by atoms with Crippen molar-refractivity contribution in [2.45, 2.75) is 6.42 Å². The van der Waals surface area contributed by atoms with Crippen molar-refractivity contribution >= 4 is 17.6 Å². The number of anilines is 1. The van der Waals surface area contributed by atoms with Crippen molar-refractivity contribution in [1.82, 2.24) is 10.2 Å². The minimum atomic E-state index is -0.157. The van der Waals surface area contributed by atoms with E-state index in [1.807, 2.05) is 48.5 Å². The van der Waals surface area contributed by atoms with Crippen LogP contribution in [0.25, 0.3) is 0 Å². The van der Waals surface area contributed by atoms with Crippen molar-refractivity contribution in [1.29, 1.82) is 0 Å². The van der Waals surface area contributed by atoms with Crippen molar-refractivity contribution < 1.29 is 19.1 Å². The molecule has 0 radical (unpaired) electrons. The van der Waals surface area contributed by atoms with Crippen LogP contribution >= 0.6 is 0 Å². The molecule has 1 saturated heterocycles. The minimum absolute atomic E-state index is 0.0636. The second-order valence-corrected chi connectivity index (χ2v) is 6.50. The third kappa shape index (κ3) is 4.73. The Labute approximate surface area is 164 Å². The molecule has 148 valence electrons. The van der Waals surface area contributed by atoms with Crippen molar-refractivity contribution in [2.75, 3.05) is 45.3 Å². The number of amides is 3. The average Bonchev–Trinajstić information content (AvgIpc) is 3.08. The zero-order valence-corrected chi connectivity index (χ0v) is 16.2. The van der Waals surface area contributed by atoms with E-state index in [4.69, 9.17) is 9.47 Å². The highest BCUT2D eigenvalue weighted by atomic mass is 16.5. The van der Waals surface area contributed by atoms with E-state index in [0.29, 0.717) is 19.6 Å². The Hall–Kier alpha value is -3.22. The van der Waals surface area contributed by atoms with Crippen LogP contribution in [0.4, 0.5) is 10.5 Å². The lowest BCUT2D eigenvalue weighted by molar-refractivity contribution is -0.121. The minimum Gasteiger partial charge on any atom is -0.497 e. The fourth-order valence-corrected chi connectivity index (χ4v) is 3.10. The maximum Gasteiger partial charge on any atom is 0.325 e. The number of ether oxygens (including phenoxy) is 2. The molecule has 0 aromatic heterocycles. The predicted molar refractivity (Wildman–Crippen MR) is 107 cm³/mol. The highest BCUT2D eigenvalue weighted by molar-refractivity contribution is 5.96. The van der Waals surface area contributed by atoms with Crippen LogP contribution in [-0.4, -0.2) is 57.2 Å². The molecule has 1 heterocycles. The van der Waals surface area contributed by atoms with Crippen LogP contribution in [0.5, 0.6) is 11.5 Å². The van der Waals surface area contributed by atoms with Crippen LogP contribution in [0.3, 0.4) is 0 Å². The SMILES string of the molecule is COc1ccc(CCNC(=O)CN2CCN(c3ccc(OC)cc3)C2=O)cc1. The molecule has 1 N–H and O–H groups in total. The normalized spacial score (nSPS) is 13.6. The zero-order valence-electron chi connectivity index (χ0n) is 16.2. The second-order valence-electron chi connectivity index (χ2n) is 6.50. The molecule has 0 spiro atoms. The maximum atomic E-state index is 12.6. The van der Waals surface area contributed by atoms with Crippen molar-refractivity contribution in [2.24, 2.45) is 0 Å². The Kier molecular flexibility index (Phi) is 6.37. The third-order valence-corrected chi connectivity index (χ3v) is 4.71. The first-order valence-corrected chi connectivity index (χ1v) is 9.21. The van der Waals surface area contributed by atoms with Gasteiger partial charge in [-0.25, -0.2) is 4.79 Å². The van der Waals surface area contributed by atoms with Crippen LogP contribution in [-0.2, 0) is 11.2 Å². The molecule has 0 bridgehead atoms. The summed E-state index contributed by atoms with van der Waals surface area (Å²) in [4.78, 5) is 28.0. The van der Waals surface area contributed by atoms with E-state index in [2.05, 4.69) is 5.32 Å². The van der Waals surface area contributed by atoms with Gasteiger partial charge >= 0.3 is 6.03 Å². The summed E-state index contributed by atoms with van der Waals surface area (Å²) in [7, 11) is 3.23. The summed E-state index contributed by atoms with van der Waals surface area (Å²) in [6, 6.07) is 14.9. The molecule has 2 aromatic rings. The standard InChI is InChI=1S/C21H25N3O4/c1-27-18-7-3-16(4-8-18)11-12-22-20(25)15-23-13-14-24(21(23)26)17-5-9-19(28-2)10-6-17/h3-10H,11-15H2,1-2H3,(H,22,25). The Morgan fingerprint density at radius 1 is 0.964 bits per heavy atom. The van der Waals surface area contributed by atoms with E-state index in [0.717, 1.165) is 29.2 Å². The van der Waals surface area contributed by atoms with E-state index in [1.54, 1.807) is 24.0 Å². The fraction of sp³-hybridized carbons (Fsp3) is 0.333. The summed E-state index contributed by atoms with van der Waals surface area (Å²) < 4.78 is 10.3. The molecule has 0 aliphatic carbocycles. The molecule has 1 aliphatic rings. The quantitative estimate of drug-likeness (QED) is 0.759. The highest BCUT2D eigenvalue weighted by Crippen LogP contribution is 2.23. The molecule has 3 amide bonds. The van der Waals surface area contributed by atoms with E-state index in [1.165, 1.54) is 0 Å². The summed E-state index contributed by atoms with van der Waals surface area (Å²) >= 11 is 0. The number of methoxy groups -OCH3 is 2. The number of carbonyl (C=O) groups is 2. The maximum absolute atomic E-state index is 12.6. The third-order valence-electron chi connectivity index (χ3n) is 4.71. The monoisotopic (exact) mass is 383 g/mol. The molecule has 28 heavy (non-hydrogen) atoms. The summed E-state index contributed by atoms with van der Waals surface area (Å²) in [6.45, 7) is 1.67. The van der Waals surface area contributed by atoms with Crippen LogP contribution < -0.4 is 19.7 Å². The van der Waals surface area contributed by atoms with Gasteiger partial charge in [0, 0.05) is 25.3 Å². The molecule has 1 fully saturated rings. The summed E-state index contributed by atoms with van der Waals surface area (Å²) in [5.74, 6) is 1.39. The molecule has 1 aliphatic heterocycles. The van der Waals surface area contributed by atoms with Gasteiger partial charge in [-0.1, -0.05) is 12.1 Å². The lowest BCUT2D eigenvalue weighted by atomic mass is 10.1. The molecule has 0 saturated carbocycles. The Morgan fingerprint density at radius 3 is 2.18 bits per heavy atom. The van der Waals surface area contributed by atoms with E-state index >= 15 is 0 Å². The van der Waals surface area contributed by atoms with Gasteiger partial charge in [-0.05, 0) is 48.4 Å². The molecular weight excluding hydrogens is 358 g/mol. The smallest absolute Gasteiger partial charge is 0.325 e. The zero-order chi connectivity index (χ0) is 19.9. The van der Waals surface area contributed by atoms with Gasteiger partial charge in [-0.2, -0.15) is 0 Å². The van der Waals surface area contributed by atoms with Crippen LogP contribution in [0.1, 0.15) is 5.56 Å². The number of benzene rings is 2. The van der Waals surface area contributed by atoms with Crippen LogP contribution in [0.15, 0.2) is 48.5 Å². The van der Waals surface area contributed by atoms with E-state index < -0.39 is 0 Å². The van der Waals surface area contributed by atoms with E-state index in [9.17, 15) is 9.59 Å². The van der Waals surface area contributed by atoms with Gasteiger partial charge in [0.2, 0.25) is 5.91 Å². The predicted octanol–water partition coefficient (Wildman–Crippen LogP) is 2.30. The van der Waals surface area contributed by atoms with Gasteiger partial charge in [0.05, 0.1) is 14.2 Å². The van der Waals surface area contributed by atoms with Gasteiger partial charge in [-0.3, -0.25) is 9.69 Å². The number of carbonyl (C=O) groups excluding carboxylic acids is 2. The number of nitrogens with zero attached hydrogens (tertiary/aromatic N) is 2. The molecule has 3 rings (SSSR count). The highest BCUT2D eigenvalue weighted by Gasteiger charge is 2.30. The Morgan fingerprint density at radius 2 is 1.57 bits per heavy atom. The van der Waals surface area contributed by atoms with Crippen LogP contribution in [0, 0.1) is 0 Å². The lowest BCUT2D eigenvalue weighted by Gasteiger charge is -2.18. The Bertz CT molecular complexity index is 805. The first-order chi connectivity index (χ1) is 13.6. The molecular formula is C21H25N3O4. The lowest BCUT2D eigenvalue weighted by Crippen LogP contribution is -2.40. The topological polar surface area (TPSA) is 71.1 Å². The molecule has 0 unspecified atom stereocenters. The molecule has 7 heteroatoms. The largest absolute Gasteiger partial charge is 0.497 e. The summed E-state index contributed by atoms with van der Waals surface area (Å²) in [5, 5.41) is 2.88.